The van der Waals surface area contributed by atoms with Crippen molar-refractivity contribution < 1.29 is 19.0 Å². The number of carbonyl (C=O) groups excluding carboxylic acids is 1. The summed E-state index contributed by atoms with van der Waals surface area (Å²) in [6.07, 6.45) is -0.497. The molecule has 1 aliphatic heterocycles. The van der Waals surface area contributed by atoms with Gasteiger partial charge in [0.25, 0.3) is 5.91 Å². The number of carbonyl (C=O) groups is 1. The topological polar surface area (TPSA) is 51.2 Å². The lowest BCUT2D eigenvalue weighted by molar-refractivity contribution is -0.139. The predicted octanol–water partition coefficient (Wildman–Crippen LogP) is 3.12. The summed E-state index contributed by atoms with van der Waals surface area (Å²) < 4.78 is 16.6. The maximum Gasteiger partial charge on any atom is 0.263 e. The Hall–Kier alpha value is -2.73. The summed E-state index contributed by atoms with van der Waals surface area (Å²) in [6.45, 7) is 7.60. The zero-order valence-electron chi connectivity index (χ0n) is 17.7. The molecule has 1 unspecified atom stereocenters. The van der Waals surface area contributed by atoms with Crippen molar-refractivity contribution in [1.82, 2.24) is 9.80 Å². The number of hydrogen-bond donors (Lipinski definition) is 0. The maximum absolute atomic E-state index is 12.8. The lowest BCUT2D eigenvalue weighted by atomic mass is 10.1. The van der Waals surface area contributed by atoms with Crippen molar-refractivity contribution in [3.63, 3.8) is 0 Å². The van der Waals surface area contributed by atoms with Crippen molar-refractivity contribution in [1.29, 1.82) is 0 Å². The van der Waals surface area contributed by atoms with Crippen LogP contribution in [-0.4, -0.2) is 62.2 Å². The first-order valence-electron chi connectivity index (χ1n) is 9.95. The van der Waals surface area contributed by atoms with Crippen LogP contribution in [0, 0.1) is 6.92 Å². The van der Waals surface area contributed by atoms with E-state index >= 15 is 0 Å². The molecule has 6 heteroatoms. The minimum atomic E-state index is -0.497. The van der Waals surface area contributed by atoms with E-state index in [1.165, 1.54) is 5.56 Å². The molecule has 1 amide bonds. The van der Waals surface area contributed by atoms with E-state index in [4.69, 9.17) is 14.2 Å². The number of hydrogen-bond acceptors (Lipinski definition) is 5. The molecule has 0 radical (unpaired) electrons. The average molecular weight is 399 g/mol. The number of amides is 1. The monoisotopic (exact) mass is 398 g/mol. The van der Waals surface area contributed by atoms with Gasteiger partial charge in [-0.15, -0.1) is 0 Å². The van der Waals surface area contributed by atoms with Crippen LogP contribution < -0.4 is 14.2 Å². The lowest BCUT2D eigenvalue weighted by Crippen LogP contribution is -2.51. The van der Waals surface area contributed by atoms with E-state index in [1.54, 1.807) is 14.2 Å². The summed E-state index contributed by atoms with van der Waals surface area (Å²) in [5.74, 6) is 2.42. The number of ether oxygens (including phenoxy) is 3. The Bertz CT molecular complexity index is 814. The van der Waals surface area contributed by atoms with Crippen LogP contribution in [0.4, 0.5) is 0 Å². The van der Waals surface area contributed by atoms with E-state index in [-0.39, 0.29) is 5.91 Å². The number of benzene rings is 2. The van der Waals surface area contributed by atoms with Gasteiger partial charge in [0.05, 0.1) is 14.2 Å². The van der Waals surface area contributed by atoms with Gasteiger partial charge in [0.1, 0.15) is 17.2 Å². The highest BCUT2D eigenvalue weighted by molar-refractivity contribution is 5.81. The lowest BCUT2D eigenvalue weighted by Gasteiger charge is -2.36. The first-order valence-corrected chi connectivity index (χ1v) is 9.95. The molecular formula is C23H30N2O4. The van der Waals surface area contributed by atoms with Gasteiger partial charge < -0.3 is 19.1 Å². The number of nitrogens with zero attached hydrogens (tertiary/aromatic N) is 2. The predicted molar refractivity (Wildman–Crippen MR) is 113 cm³/mol. The zero-order chi connectivity index (χ0) is 20.8. The van der Waals surface area contributed by atoms with E-state index in [2.05, 4.69) is 4.90 Å². The molecule has 6 nitrogen and oxygen atoms in total. The fourth-order valence-electron chi connectivity index (χ4n) is 3.50. The van der Waals surface area contributed by atoms with Crippen LogP contribution in [0.15, 0.2) is 42.5 Å². The van der Waals surface area contributed by atoms with Crippen LogP contribution in [0.1, 0.15) is 18.1 Å². The maximum atomic E-state index is 12.8. The minimum Gasteiger partial charge on any atom is -0.497 e. The highest BCUT2D eigenvalue weighted by Crippen LogP contribution is 2.25. The largest absolute Gasteiger partial charge is 0.497 e. The highest BCUT2D eigenvalue weighted by atomic mass is 16.5. The quantitative estimate of drug-likeness (QED) is 0.717. The second-order valence-corrected chi connectivity index (χ2v) is 7.35. The molecule has 1 fully saturated rings. The third kappa shape index (κ3) is 5.41. The van der Waals surface area contributed by atoms with Gasteiger partial charge in [-0.3, -0.25) is 9.69 Å². The van der Waals surface area contributed by atoms with Crippen LogP contribution in [0.3, 0.4) is 0 Å². The first kappa shape index (κ1) is 21.0. The normalized spacial score (nSPS) is 15.7. The second-order valence-electron chi connectivity index (χ2n) is 7.35. The third-order valence-electron chi connectivity index (χ3n) is 5.25. The van der Waals surface area contributed by atoms with Crippen molar-refractivity contribution in [3.05, 3.63) is 53.6 Å². The van der Waals surface area contributed by atoms with Gasteiger partial charge >= 0.3 is 0 Å². The van der Waals surface area contributed by atoms with Crippen LogP contribution in [0.25, 0.3) is 0 Å². The Balaban J connectivity index is 1.53. The summed E-state index contributed by atoms with van der Waals surface area (Å²) in [4.78, 5) is 17.0. The van der Waals surface area contributed by atoms with Crippen molar-refractivity contribution in [2.45, 2.75) is 26.5 Å². The van der Waals surface area contributed by atoms with Crippen molar-refractivity contribution in [2.75, 3.05) is 40.4 Å². The molecule has 1 atom stereocenters. The summed E-state index contributed by atoms with van der Waals surface area (Å²) in [5, 5.41) is 0. The van der Waals surface area contributed by atoms with Crippen LogP contribution in [-0.2, 0) is 11.3 Å². The molecule has 0 saturated carbocycles. The van der Waals surface area contributed by atoms with Crippen LogP contribution in [0.5, 0.6) is 17.2 Å². The molecule has 1 aliphatic rings. The molecule has 0 bridgehead atoms. The highest BCUT2D eigenvalue weighted by Gasteiger charge is 2.26. The zero-order valence-corrected chi connectivity index (χ0v) is 17.7. The Morgan fingerprint density at radius 3 is 2.24 bits per heavy atom. The summed E-state index contributed by atoms with van der Waals surface area (Å²) >= 11 is 0. The van der Waals surface area contributed by atoms with Gasteiger partial charge in [-0.1, -0.05) is 17.7 Å². The molecule has 0 N–H and O–H groups in total. The van der Waals surface area contributed by atoms with E-state index in [9.17, 15) is 4.79 Å². The molecule has 0 spiro atoms. The van der Waals surface area contributed by atoms with E-state index in [1.807, 2.05) is 61.2 Å². The Kier molecular flexibility index (Phi) is 6.99. The fraction of sp³-hybridized carbons (Fsp3) is 0.435. The molecule has 0 aromatic heterocycles. The van der Waals surface area contributed by atoms with Gasteiger partial charge in [0.15, 0.2) is 6.10 Å². The van der Waals surface area contributed by atoms with Gasteiger partial charge in [0.2, 0.25) is 0 Å². The van der Waals surface area contributed by atoms with Crippen molar-refractivity contribution >= 4 is 5.91 Å². The second kappa shape index (κ2) is 9.65. The molecule has 3 rings (SSSR count). The molecular weight excluding hydrogens is 368 g/mol. The standard InChI is InChI=1S/C23H30N2O4/c1-17-5-7-20(8-6-17)29-18(2)23(26)25-13-11-24(12-14-25)16-19-15-21(27-3)9-10-22(19)28-4/h5-10,15,18H,11-14,16H2,1-4H3. The molecule has 1 saturated heterocycles. The smallest absolute Gasteiger partial charge is 0.263 e. The first-order chi connectivity index (χ1) is 14.0. The van der Waals surface area contributed by atoms with Gasteiger partial charge in [-0.25, -0.2) is 0 Å². The van der Waals surface area contributed by atoms with E-state index < -0.39 is 6.10 Å². The Morgan fingerprint density at radius 2 is 1.62 bits per heavy atom. The molecule has 0 aliphatic carbocycles. The number of aryl methyl sites for hydroxylation is 1. The van der Waals surface area contributed by atoms with Crippen LogP contribution >= 0.6 is 0 Å². The van der Waals surface area contributed by atoms with Gasteiger partial charge in [-0.05, 0) is 44.2 Å². The molecule has 2 aromatic carbocycles. The summed E-state index contributed by atoms with van der Waals surface area (Å²) in [5.41, 5.74) is 2.25. The van der Waals surface area contributed by atoms with E-state index in [0.717, 1.165) is 42.4 Å². The van der Waals surface area contributed by atoms with Crippen molar-refractivity contribution in [2.24, 2.45) is 0 Å². The summed E-state index contributed by atoms with van der Waals surface area (Å²) in [6, 6.07) is 13.6. The molecule has 29 heavy (non-hydrogen) atoms. The molecule has 156 valence electrons. The third-order valence-corrected chi connectivity index (χ3v) is 5.25. The number of rotatable bonds is 7. The minimum absolute atomic E-state index is 0.0317. The summed E-state index contributed by atoms with van der Waals surface area (Å²) in [7, 11) is 3.34. The number of methoxy groups -OCH3 is 2. The number of piperazine rings is 1. The van der Waals surface area contributed by atoms with Crippen molar-refractivity contribution in [3.8, 4) is 17.2 Å². The van der Waals surface area contributed by atoms with E-state index in [0.29, 0.717) is 13.1 Å². The van der Waals surface area contributed by atoms with Gasteiger partial charge in [0, 0.05) is 38.3 Å². The Morgan fingerprint density at radius 1 is 0.966 bits per heavy atom. The molecule has 2 aromatic rings. The Labute approximate surface area is 173 Å². The van der Waals surface area contributed by atoms with Gasteiger partial charge in [-0.2, -0.15) is 0 Å². The molecule has 1 heterocycles. The average Bonchev–Trinajstić information content (AvgIpc) is 2.75. The SMILES string of the molecule is COc1ccc(OC)c(CN2CCN(C(=O)C(C)Oc3ccc(C)cc3)CC2)c1. The van der Waals surface area contributed by atoms with Crippen LogP contribution in [0.2, 0.25) is 0 Å². The fourth-order valence-corrected chi connectivity index (χ4v) is 3.50.